The highest BCUT2D eigenvalue weighted by Crippen LogP contribution is 2.12. The summed E-state index contributed by atoms with van der Waals surface area (Å²) in [5.74, 6) is 0.619. The number of carbonyl (C=O) groups is 1. The second kappa shape index (κ2) is 8.44. The largest absolute Gasteiger partial charge is 0.484 e. The van der Waals surface area contributed by atoms with Crippen LogP contribution in [0.3, 0.4) is 0 Å². The Morgan fingerprint density at radius 1 is 1.18 bits per heavy atom. The van der Waals surface area contributed by atoms with Crippen molar-refractivity contribution >= 4 is 17.5 Å². The fourth-order valence-electron chi connectivity index (χ4n) is 2.08. The van der Waals surface area contributed by atoms with Crippen LogP contribution in [0.5, 0.6) is 5.75 Å². The molecule has 0 spiro atoms. The van der Waals surface area contributed by atoms with Gasteiger partial charge in [-0.25, -0.2) is 0 Å². The molecular formula is C18H20ClNO2. The van der Waals surface area contributed by atoms with Gasteiger partial charge in [0, 0.05) is 11.6 Å². The van der Waals surface area contributed by atoms with E-state index in [1.54, 1.807) is 0 Å². The Labute approximate surface area is 136 Å². The van der Waals surface area contributed by atoms with Gasteiger partial charge in [-0.1, -0.05) is 35.9 Å². The van der Waals surface area contributed by atoms with E-state index < -0.39 is 0 Å². The molecule has 0 saturated carbocycles. The van der Waals surface area contributed by atoms with E-state index in [0.717, 1.165) is 29.2 Å². The summed E-state index contributed by atoms with van der Waals surface area (Å²) in [5, 5.41) is 3.60. The molecule has 2 aromatic rings. The number of amides is 1. The Morgan fingerprint density at radius 3 is 2.68 bits per heavy atom. The number of nitrogens with one attached hydrogen (secondary N) is 1. The van der Waals surface area contributed by atoms with E-state index in [1.165, 1.54) is 5.56 Å². The zero-order chi connectivity index (χ0) is 15.8. The molecule has 0 fully saturated rings. The van der Waals surface area contributed by atoms with E-state index in [4.69, 9.17) is 16.3 Å². The summed E-state index contributed by atoms with van der Waals surface area (Å²) >= 11 is 5.84. The van der Waals surface area contributed by atoms with E-state index in [0.29, 0.717) is 6.54 Å². The lowest BCUT2D eigenvalue weighted by Gasteiger charge is -2.08. The Morgan fingerprint density at radius 2 is 1.95 bits per heavy atom. The summed E-state index contributed by atoms with van der Waals surface area (Å²) in [6.45, 7) is 2.67. The molecule has 2 rings (SSSR count). The van der Waals surface area contributed by atoms with Crippen molar-refractivity contribution in [2.75, 3.05) is 13.2 Å². The molecule has 0 bridgehead atoms. The lowest BCUT2D eigenvalue weighted by molar-refractivity contribution is -0.123. The first kappa shape index (κ1) is 16.4. The monoisotopic (exact) mass is 317 g/mol. The molecule has 0 saturated heterocycles. The lowest BCUT2D eigenvalue weighted by atomic mass is 10.1. The lowest BCUT2D eigenvalue weighted by Crippen LogP contribution is -2.29. The minimum absolute atomic E-state index is 0.0460. The quantitative estimate of drug-likeness (QED) is 0.789. The molecular weight excluding hydrogens is 298 g/mol. The molecule has 22 heavy (non-hydrogen) atoms. The van der Waals surface area contributed by atoms with Gasteiger partial charge in [-0.15, -0.1) is 0 Å². The zero-order valence-corrected chi connectivity index (χ0v) is 13.4. The van der Waals surface area contributed by atoms with Crippen molar-refractivity contribution in [3.8, 4) is 5.75 Å². The first-order chi connectivity index (χ1) is 10.6. The number of rotatable bonds is 7. The molecule has 116 valence electrons. The van der Waals surface area contributed by atoms with E-state index >= 15 is 0 Å². The van der Waals surface area contributed by atoms with E-state index in [2.05, 4.69) is 5.32 Å². The summed E-state index contributed by atoms with van der Waals surface area (Å²) in [6, 6.07) is 15.4. The Hall–Kier alpha value is -2.00. The van der Waals surface area contributed by atoms with Crippen LogP contribution >= 0.6 is 11.6 Å². The van der Waals surface area contributed by atoms with Crippen molar-refractivity contribution in [2.24, 2.45) is 0 Å². The summed E-state index contributed by atoms with van der Waals surface area (Å²) in [4.78, 5) is 11.7. The smallest absolute Gasteiger partial charge is 0.257 e. The van der Waals surface area contributed by atoms with Gasteiger partial charge in [-0.05, 0) is 55.2 Å². The third kappa shape index (κ3) is 5.78. The summed E-state index contributed by atoms with van der Waals surface area (Å²) in [6.07, 6.45) is 1.80. The number of carbonyl (C=O) groups excluding carboxylic acids is 1. The van der Waals surface area contributed by atoms with Crippen LogP contribution in [0.15, 0.2) is 48.5 Å². The average Bonchev–Trinajstić information content (AvgIpc) is 2.51. The van der Waals surface area contributed by atoms with Crippen molar-refractivity contribution in [3.63, 3.8) is 0 Å². The number of halogens is 1. The van der Waals surface area contributed by atoms with Gasteiger partial charge in [-0.3, -0.25) is 4.79 Å². The molecule has 0 radical (unpaired) electrons. The second-order valence-electron chi connectivity index (χ2n) is 5.19. The normalized spacial score (nSPS) is 10.3. The first-order valence-electron chi connectivity index (χ1n) is 7.34. The van der Waals surface area contributed by atoms with Crippen LogP contribution in [0.2, 0.25) is 5.02 Å². The maximum atomic E-state index is 11.7. The SMILES string of the molecule is Cc1cccc(OCC(=O)NCCCc2ccc(Cl)cc2)c1. The van der Waals surface area contributed by atoms with Crippen LogP contribution < -0.4 is 10.1 Å². The molecule has 0 aromatic heterocycles. The van der Waals surface area contributed by atoms with Crippen LogP contribution in [0.4, 0.5) is 0 Å². The molecule has 4 heteroatoms. The minimum Gasteiger partial charge on any atom is -0.484 e. The highest BCUT2D eigenvalue weighted by Gasteiger charge is 2.02. The number of aryl methyl sites for hydroxylation is 2. The Bertz CT molecular complexity index is 611. The maximum absolute atomic E-state index is 11.7. The van der Waals surface area contributed by atoms with E-state index in [-0.39, 0.29) is 12.5 Å². The maximum Gasteiger partial charge on any atom is 0.257 e. The highest BCUT2D eigenvalue weighted by molar-refractivity contribution is 6.30. The predicted octanol–water partition coefficient (Wildman–Crippen LogP) is 3.78. The predicted molar refractivity (Wildman–Crippen MR) is 89.5 cm³/mol. The molecule has 0 heterocycles. The van der Waals surface area contributed by atoms with Crippen molar-refractivity contribution in [2.45, 2.75) is 19.8 Å². The third-order valence-electron chi connectivity index (χ3n) is 3.24. The fourth-order valence-corrected chi connectivity index (χ4v) is 2.20. The molecule has 0 aliphatic heterocycles. The Kier molecular flexibility index (Phi) is 6.28. The van der Waals surface area contributed by atoms with Crippen molar-refractivity contribution in [1.82, 2.24) is 5.32 Å². The molecule has 0 unspecified atom stereocenters. The van der Waals surface area contributed by atoms with Gasteiger partial charge in [-0.2, -0.15) is 0 Å². The second-order valence-corrected chi connectivity index (χ2v) is 5.62. The van der Waals surface area contributed by atoms with Gasteiger partial charge in [0.15, 0.2) is 6.61 Å². The van der Waals surface area contributed by atoms with E-state index in [9.17, 15) is 4.79 Å². The molecule has 0 atom stereocenters. The summed E-state index contributed by atoms with van der Waals surface area (Å²) in [5.41, 5.74) is 2.33. The third-order valence-corrected chi connectivity index (χ3v) is 3.49. The van der Waals surface area contributed by atoms with Crippen LogP contribution in [-0.4, -0.2) is 19.1 Å². The standard InChI is InChI=1S/C18H20ClNO2/c1-14-4-2-6-17(12-14)22-13-18(21)20-11-3-5-15-7-9-16(19)10-8-15/h2,4,6-10,12H,3,5,11,13H2,1H3,(H,20,21). The number of hydrogen-bond donors (Lipinski definition) is 1. The molecule has 2 aromatic carbocycles. The molecule has 3 nitrogen and oxygen atoms in total. The first-order valence-corrected chi connectivity index (χ1v) is 7.72. The molecule has 1 amide bonds. The summed E-state index contributed by atoms with van der Waals surface area (Å²) in [7, 11) is 0. The van der Waals surface area contributed by atoms with Crippen LogP contribution in [0.25, 0.3) is 0 Å². The minimum atomic E-state index is -0.0994. The van der Waals surface area contributed by atoms with Crippen LogP contribution in [-0.2, 0) is 11.2 Å². The van der Waals surface area contributed by atoms with Gasteiger partial charge in [0.25, 0.3) is 5.91 Å². The zero-order valence-electron chi connectivity index (χ0n) is 12.6. The van der Waals surface area contributed by atoms with Gasteiger partial charge >= 0.3 is 0 Å². The fraction of sp³-hybridized carbons (Fsp3) is 0.278. The number of hydrogen-bond acceptors (Lipinski definition) is 2. The Balaban J connectivity index is 1.62. The average molecular weight is 318 g/mol. The molecule has 0 aliphatic rings. The van der Waals surface area contributed by atoms with Gasteiger partial charge < -0.3 is 10.1 Å². The van der Waals surface area contributed by atoms with Gasteiger partial charge in [0.2, 0.25) is 0 Å². The van der Waals surface area contributed by atoms with Crippen molar-refractivity contribution in [3.05, 3.63) is 64.7 Å². The van der Waals surface area contributed by atoms with Crippen LogP contribution in [0, 0.1) is 6.92 Å². The molecule has 1 N–H and O–H groups in total. The van der Waals surface area contributed by atoms with Crippen molar-refractivity contribution in [1.29, 1.82) is 0 Å². The van der Waals surface area contributed by atoms with E-state index in [1.807, 2.05) is 55.5 Å². The van der Waals surface area contributed by atoms with Crippen molar-refractivity contribution < 1.29 is 9.53 Å². The number of benzene rings is 2. The topological polar surface area (TPSA) is 38.3 Å². The number of ether oxygens (including phenoxy) is 1. The highest BCUT2D eigenvalue weighted by atomic mass is 35.5. The molecule has 0 aliphatic carbocycles. The summed E-state index contributed by atoms with van der Waals surface area (Å²) < 4.78 is 5.45. The van der Waals surface area contributed by atoms with Gasteiger partial charge in [0.05, 0.1) is 0 Å². The van der Waals surface area contributed by atoms with Gasteiger partial charge in [0.1, 0.15) is 5.75 Å². The van der Waals surface area contributed by atoms with Crippen LogP contribution in [0.1, 0.15) is 17.5 Å².